The molecule has 0 aliphatic heterocycles. The summed E-state index contributed by atoms with van der Waals surface area (Å²) in [7, 11) is 8.49. The number of hydrogen-bond donors (Lipinski definition) is 3. The van der Waals surface area contributed by atoms with E-state index in [1.165, 1.54) is 0 Å². The first-order valence-electron chi connectivity index (χ1n) is 13.8. The molecule has 2 aromatic heterocycles. The van der Waals surface area contributed by atoms with Crippen molar-refractivity contribution in [1.82, 2.24) is 14.5 Å². The number of aliphatic hydroxyl groups is 1. The molecule has 0 aliphatic rings. The van der Waals surface area contributed by atoms with Gasteiger partial charge in [0.2, 0.25) is 5.75 Å². The number of nitrogens with zero attached hydrogens (tertiary/aromatic N) is 3. The van der Waals surface area contributed by atoms with Gasteiger partial charge in [0, 0.05) is 26.3 Å². The first kappa shape index (κ1) is 34.4. The van der Waals surface area contributed by atoms with E-state index in [1.54, 1.807) is 51.3 Å². The molecule has 0 fully saturated rings. The molecular formula is C32H37N3O10. The number of ether oxygens (including phenoxy) is 4. The number of rotatable bonds is 12. The van der Waals surface area contributed by atoms with Gasteiger partial charge in [0.15, 0.2) is 11.5 Å². The minimum Gasteiger partial charge on any atom is -0.493 e. The van der Waals surface area contributed by atoms with E-state index in [0.29, 0.717) is 40.4 Å². The van der Waals surface area contributed by atoms with Crippen molar-refractivity contribution in [2.75, 3.05) is 48.1 Å². The molecule has 0 spiro atoms. The summed E-state index contributed by atoms with van der Waals surface area (Å²) in [6, 6.07) is 16.8. The Kier molecular flexibility index (Phi) is 12.3. The minimum absolute atomic E-state index is 0.0894. The van der Waals surface area contributed by atoms with Gasteiger partial charge in [0.25, 0.3) is 5.56 Å². The highest BCUT2D eigenvalue weighted by molar-refractivity contribution is 6.27. The lowest BCUT2D eigenvalue weighted by Gasteiger charge is -2.21. The lowest BCUT2D eigenvalue weighted by Crippen LogP contribution is -2.34. The van der Waals surface area contributed by atoms with Gasteiger partial charge in [-0.2, -0.15) is 0 Å². The quantitative estimate of drug-likeness (QED) is 0.198. The van der Waals surface area contributed by atoms with E-state index in [-0.39, 0.29) is 12.2 Å². The molecule has 0 radical (unpaired) electrons. The van der Waals surface area contributed by atoms with Crippen LogP contribution in [0.4, 0.5) is 0 Å². The number of likely N-dealkylation sites (N-methyl/N-ethyl adjacent to an activating group) is 1. The third-order valence-electron chi connectivity index (χ3n) is 6.81. The Balaban J connectivity index is 0.000000838. The molecule has 1 unspecified atom stereocenters. The van der Waals surface area contributed by atoms with Crippen molar-refractivity contribution >= 4 is 22.8 Å². The van der Waals surface area contributed by atoms with Crippen LogP contribution in [-0.4, -0.2) is 95.9 Å². The van der Waals surface area contributed by atoms with Gasteiger partial charge in [-0.1, -0.05) is 0 Å². The van der Waals surface area contributed by atoms with Crippen LogP contribution < -0.4 is 24.5 Å². The molecule has 4 aromatic rings. The number of carboxylic acids is 2. The number of benzene rings is 2. The monoisotopic (exact) mass is 623 g/mol. The van der Waals surface area contributed by atoms with Crippen LogP contribution in [0.1, 0.15) is 5.56 Å². The molecule has 240 valence electrons. The van der Waals surface area contributed by atoms with Crippen LogP contribution in [-0.2, 0) is 23.1 Å². The molecule has 3 N–H and O–H groups in total. The SMILES string of the molecule is COc1cc(CCN(C)CC(O)COc2ccc(-c3cc4ncccc4c(=O)n3C)cc2)cc(OC)c1OC.O=C(O)C(=O)O. The molecule has 45 heavy (non-hydrogen) atoms. The molecule has 4 rings (SSSR count). The number of pyridine rings is 2. The van der Waals surface area contributed by atoms with E-state index in [4.69, 9.17) is 38.7 Å². The standard InChI is InChI=1S/C30H35N3O6.C2H2O4/c1-32(14-12-20-15-27(36-3)29(38-5)28(16-20)37-4)18-22(34)19-39-23-10-8-21(9-11-23)26-17-25-24(7-6-13-31-25)30(35)33(26)2;3-1(4)2(5)6/h6-11,13,15-17,22,34H,12,14,18-19H2,1-5H3;(H,3,4)(H,5,6). The fourth-order valence-electron chi connectivity index (χ4n) is 4.52. The van der Waals surface area contributed by atoms with Crippen molar-refractivity contribution < 1.29 is 43.9 Å². The highest BCUT2D eigenvalue weighted by Gasteiger charge is 2.15. The first-order chi connectivity index (χ1) is 21.5. The Morgan fingerprint density at radius 1 is 0.956 bits per heavy atom. The van der Waals surface area contributed by atoms with Crippen molar-refractivity contribution in [3.8, 4) is 34.3 Å². The molecule has 2 heterocycles. The summed E-state index contributed by atoms with van der Waals surface area (Å²) < 4.78 is 23.7. The van der Waals surface area contributed by atoms with Gasteiger partial charge in [0.1, 0.15) is 18.5 Å². The number of aliphatic hydroxyl groups excluding tert-OH is 1. The second-order valence-electron chi connectivity index (χ2n) is 9.98. The smallest absolute Gasteiger partial charge is 0.414 e. The Bertz CT molecular complexity index is 1630. The summed E-state index contributed by atoms with van der Waals surface area (Å²) in [5, 5.41) is 25.9. The lowest BCUT2D eigenvalue weighted by molar-refractivity contribution is -0.159. The highest BCUT2D eigenvalue weighted by Crippen LogP contribution is 2.38. The summed E-state index contributed by atoms with van der Waals surface area (Å²) in [6.07, 6.45) is 1.76. The first-order valence-corrected chi connectivity index (χ1v) is 13.8. The van der Waals surface area contributed by atoms with E-state index >= 15 is 0 Å². The Labute approximate surface area is 259 Å². The largest absolute Gasteiger partial charge is 0.493 e. The lowest BCUT2D eigenvalue weighted by atomic mass is 10.1. The van der Waals surface area contributed by atoms with Crippen molar-refractivity contribution in [2.24, 2.45) is 7.05 Å². The van der Waals surface area contributed by atoms with Gasteiger partial charge < -0.3 is 43.7 Å². The van der Waals surface area contributed by atoms with Crippen molar-refractivity contribution in [3.05, 3.63) is 76.7 Å². The zero-order valence-electron chi connectivity index (χ0n) is 25.7. The Morgan fingerprint density at radius 2 is 1.58 bits per heavy atom. The van der Waals surface area contributed by atoms with E-state index in [2.05, 4.69) is 9.88 Å². The molecular weight excluding hydrogens is 586 g/mol. The van der Waals surface area contributed by atoms with Gasteiger partial charge in [-0.25, -0.2) is 9.59 Å². The van der Waals surface area contributed by atoms with E-state index < -0.39 is 18.0 Å². The van der Waals surface area contributed by atoms with Crippen LogP contribution in [0.5, 0.6) is 23.0 Å². The van der Waals surface area contributed by atoms with Crippen LogP contribution in [0.25, 0.3) is 22.2 Å². The van der Waals surface area contributed by atoms with Crippen LogP contribution in [0.2, 0.25) is 0 Å². The fraction of sp³-hybridized carbons (Fsp3) is 0.312. The highest BCUT2D eigenvalue weighted by atomic mass is 16.5. The topological polar surface area (TPSA) is 170 Å². The number of methoxy groups -OCH3 is 3. The summed E-state index contributed by atoms with van der Waals surface area (Å²) in [5.41, 5.74) is 3.26. The third kappa shape index (κ3) is 9.17. The van der Waals surface area contributed by atoms with Crippen LogP contribution in [0.15, 0.2) is 65.6 Å². The molecule has 1 atom stereocenters. The molecule has 13 heteroatoms. The van der Waals surface area contributed by atoms with Gasteiger partial charge >= 0.3 is 11.9 Å². The van der Waals surface area contributed by atoms with E-state index in [9.17, 15) is 9.90 Å². The van der Waals surface area contributed by atoms with Crippen LogP contribution in [0.3, 0.4) is 0 Å². The van der Waals surface area contributed by atoms with E-state index in [1.807, 2.05) is 49.5 Å². The van der Waals surface area contributed by atoms with Crippen LogP contribution in [0, 0.1) is 0 Å². The average Bonchev–Trinajstić information content (AvgIpc) is 3.04. The van der Waals surface area contributed by atoms with E-state index in [0.717, 1.165) is 29.8 Å². The molecule has 0 saturated heterocycles. The van der Waals surface area contributed by atoms with Crippen LogP contribution >= 0.6 is 0 Å². The van der Waals surface area contributed by atoms with Gasteiger partial charge in [-0.3, -0.25) is 9.78 Å². The Hall–Kier alpha value is -5.14. The number of carbonyl (C=O) groups is 2. The van der Waals surface area contributed by atoms with Gasteiger partial charge in [-0.15, -0.1) is 0 Å². The number of hydrogen-bond acceptors (Lipinski definition) is 10. The second kappa shape index (κ2) is 16.1. The number of aromatic nitrogens is 2. The summed E-state index contributed by atoms with van der Waals surface area (Å²) in [4.78, 5) is 37.3. The predicted octanol–water partition coefficient (Wildman–Crippen LogP) is 2.70. The fourth-order valence-corrected chi connectivity index (χ4v) is 4.52. The summed E-state index contributed by atoms with van der Waals surface area (Å²) in [5.74, 6) is -1.20. The summed E-state index contributed by atoms with van der Waals surface area (Å²) in [6.45, 7) is 1.34. The maximum Gasteiger partial charge on any atom is 0.414 e. The molecule has 0 bridgehead atoms. The maximum absolute atomic E-state index is 12.7. The number of aliphatic carboxylic acids is 2. The summed E-state index contributed by atoms with van der Waals surface area (Å²) >= 11 is 0. The average molecular weight is 624 g/mol. The molecule has 0 saturated carbocycles. The minimum atomic E-state index is -1.82. The van der Waals surface area contributed by atoms with Crippen molar-refractivity contribution in [1.29, 1.82) is 0 Å². The maximum atomic E-state index is 12.7. The molecule has 13 nitrogen and oxygen atoms in total. The molecule has 0 amide bonds. The zero-order chi connectivity index (χ0) is 33.1. The van der Waals surface area contributed by atoms with Crippen molar-refractivity contribution in [2.45, 2.75) is 12.5 Å². The second-order valence-corrected chi connectivity index (χ2v) is 9.98. The predicted molar refractivity (Wildman–Crippen MR) is 166 cm³/mol. The van der Waals surface area contributed by atoms with Gasteiger partial charge in [-0.05, 0) is 79.2 Å². The molecule has 0 aliphatic carbocycles. The van der Waals surface area contributed by atoms with Crippen molar-refractivity contribution in [3.63, 3.8) is 0 Å². The Morgan fingerprint density at radius 3 is 2.13 bits per heavy atom. The zero-order valence-corrected chi connectivity index (χ0v) is 25.7. The third-order valence-corrected chi connectivity index (χ3v) is 6.81. The van der Waals surface area contributed by atoms with Gasteiger partial charge in [0.05, 0.1) is 37.9 Å². The molecule has 2 aromatic carbocycles. The number of carboxylic acid groups (broad SMARTS) is 2. The number of fused-ring (bicyclic) bond motifs is 1. The normalized spacial score (nSPS) is 11.4.